The molecule has 1 saturated heterocycles. The first-order chi connectivity index (χ1) is 13.3. The number of carbonyl (C=O) groups is 1. The maximum absolute atomic E-state index is 13.0. The van der Waals surface area contributed by atoms with Crippen LogP contribution in [0.4, 0.5) is 4.39 Å². The number of nitrogens with zero attached hydrogens (tertiary/aromatic N) is 3. The Balaban J connectivity index is 1.53. The van der Waals surface area contributed by atoms with E-state index in [2.05, 4.69) is 5.10 Å². The van der Waals surface area contributed by atoms with Gasteiger partial charge in [-0.3, -0.25) is 9.48 Å². The highest BCUT2D eigenvalue weighted by Crippen LogP contribution is 2.25. The lowest BCUT2D eigenvalue weighted by atomic mass is 9.98. The minimum atomic E-state index is -0.278. The summed E-state index contributed by atoms with van der Waals surface area (Å²) in [5, 5.41) is 5.12. The van der Waals surface area contributed by atoms with E-state index in [0.717, 1.165) is 30.8 Å². The lowest BCUT2D eigenvalue weighted by Gasteiger charge is -2.33. The number of halogens is 2. The third kappa shape index (κ3) is 4.85. The van der Waals surface area contributed by atoms with E-state index in [-0.39, 0.29) is 23.7 Å². The number of rotatable bonds is 6. The molecule has 2 aromatic rings. The number of piperidine rings is 1. The number of hydrogen-bond acceptors (Lipinski definition) is 3. The topological polar surface area (TPSA) is 47.4 Å². The molecule has 2 heterocycles. The summed E-state index contributed by atoms with van der Waals surface area (Å²) < 4.78 is 20.6. The van der Waals surface area contributed by atoms with E-state index >= 15 is 0 Å². The monoisotopic (exact) mass is 407 g/mol. The summed E-state index contributed by atoms with van der Waals surface area (Å²) >= 11 is 6.23. The van der Waals surface area contributed by atoms with E-state index in [0.29, 0.717) is 30.3 Å². The largest absolute Gasteiger partial charge is 0.493 e. The molecular formula is C21H27ClFN3O2. The Kier molecular flexibility index (Phi) is 6.60. The van der Waals surface area contributed by atoms with Crippen LogP contribution in [-0.2, 0) is 4.79 Å². The molecule has 7 heteroatoms. The van der Waals surface area contributed by atoms with Crippen molar-refractivity contribution in [3.05, 3.63) is 46.5 Å². The Morgan fingerprint density at radius 3 is 2.71 bits per heavy atom. The molecule has 0 aliphatic carbocycles. The molecule has 5 nitrogen and oxygen atoms in total. The molecule has 1 fully saturated rings. The van der Waals surface area contributed by atoms with Crippen molar-refractivity contribution in [2.45, 2.75) is 46.1 Å². The highest BCUT2D eigenvalue weighted by Gasteiger charge is 2.26. The van der Waals surface area contributed by atoms with Gasteiger partial charge in [0.15, 0.2) is 0 Å². The zero-order valence-electron chi connectivity index (χ0n) is 16.6. The van der Waals surface area contributed by atoms with Crippen LogP contribution in [0.1, 0.15) is 43.6 Å². The van der Waals surface area contributed by atoms with Crippen molar-refractivity contribution < 1.29 is 13.9 Å². The molecule has 0 unspecified atom stereocenters. The molecule has 0 radical (unpaired) electrons. The molecule has 1 aromatic carbocycles. The number of carbonyl (C=O) groups excluding carboxylic acids is 1. The zero-order valence-corrected chi connectivity index (χ0v) is 17.4. The predicted molar refractivity (Wildman–Crippen MR) is 107 cm³/mol. The standard InChI is InChI=1S/C21H27ClFN3O2/c1-14(26-16(3)21(22)15(2)24-26)11-20(27)25-10-4-5-17(12-25)13-28-19-8-6-18(23)7-9-19/h6-9,14,17H,4-5,10-13H2,1-3H3/t14-,17+/m1/s1. The van der Waals surface area contributed by atoms with Crippen molar-refractivity contribution in [1.29, 1.82) is 0 Å². The van der Waals surface area contributed by atoms with Gasteiger partial charge in [-0.25, -0.2) is 4.39 Å². The first-order valence-corrected chi connectivity index (χ1v) is 10.1. The number of benzene rings is 1. The van der Waals surface area contributed by atoms with Gasteiger partial charge in [-0.1, -0.05) is 11.6 Å². The quantitative estimate of drug-likeness (QED) is 0.705. The molecule has 2 atom stereocenters. The molecule has 0 N–H and O–H groups in total. The van der Waals surface area contributed by atoms with E-state index in [9.17, 15) is 9.18 Å². The molecule has 1 aliphatic heterocycles. The highest BCUT2D eigenvalue weighted by molar-refractivity contribution is 6.31. The van der Waals surface area contributed by atoms with Gasteiger partial charge in [0.25, 0.3) is 0 Å². The maximum atomic E-state index is 13.0. The molecule has 28 heavy (non-hydrogen) atoms. The van der Waals surface area contributed by atoms with Gasteiger partial charge in [0.05, 0.1) is 29.1 Å². The van der Waals surface area contributed by atoms with Crippen molar-refractivity contribution in [1.82, 2.24) is 14.7 Å². The molecule has 152 valence electrons. The van der Waals surface area contributed by atoms with Gasteiger partial charge >= 0.3 is 0 Å². The van der Waals surface area contributed by atoms with Gasteiger partial charge in [-0.2, -0.15) is 5.10 Å². The van der Waals surface area contributed by atoms with Crippen LogP contribution in [0.15, 0.2) is 24.3 Å². The third-order valence-electron chi connectivity index (χ3n) is 5.30. The van der Waals surface area contributed by atoms with Gasteiger partial charge in [-0.15, -0.1) is 0 Å². The molecular weight excluding hydrogens is 381 g/mol. The summed E-state index contributed by atoms with van der Waals surface area (Å²) in [5.74, 6) is 0.781. The molecule has 0 saturated carbocycles. The fourth-order valence-electron chi connectivity index (χ4n) is 3.71. The normalized spacial score (nSPS) is 18.2. The van der Waals surface area contributed by atoms with Gasteiger partial charge < -0.3 is 9.64 Å². The van der Waals surface area contributed by atoms with Gasteiger partial charge in [0, 0.05) is 25.4 Å². The third-order valence-corrected chi connectivity index (χ3v) is 5.84. The SMILES string of the molecule is Cc1nn([C@H](C)CC(=O)N2CCC[C@H](COc3ccc(F)cc3)C2)c(C)c1Cl. The van der Waals surface area contributed by atoms with E-state index < -0.39 is 0 Å². The summed E-state index contributed by atoms with van der Waals surface area (Å²) in [6.45, 7) is 7.77. The molecule has 1 amide bonds. The zero-order chi connectivity index (χ0) is 20.3. The van der Waals surface area contributed by atoms with Gasteiger partial charge in [0.1, 0.15) is 11.6 Å². The summed E-state index contributed by atoms with van der Waals surface area (Å²) in [5.41, 5.74) is 1.68. The summed E-state index contributed by atoms with van der Waals surface area (Å²) in [6, 6.07) is 5.98. The number of ether oxygens (including phenoxy) is 1. The van der Waals surface area contributed by atoms with E-state index in [1.807, 2.05) is 30.4 Å². The van der Waals surface area contributed by atoms with Crippen molar-refractivity contribution in [3.63, 3.8) is 0 Å². The van der Waals surface area contributed by atoms with E-state index in [1.165, 1.54) is 12.1 Å². The molecule has 0 spiro atoms. The first-order valence-electron chi connectivity index (χ1n) is 9.72. The Morgan fingerprint density at radius 1 is 1.36 bits per heavy atom. The van der Waals surface area contributed by atoms with Crippen LogP contribution in [0.25, 0.3) is 0 Å². The van der Waals surface area contributed by atoms with Gasteiger partial charge in [-0.05, 0) is 57.9 Å². The van der Waals surface area contributed by atoms with Crippen molar-refractivity contribution in [2.75, 3.05) is 19.7 Å². The average molecular weight is 408 g/mol. The maximum Gasteiger partial charge on any atom is 0.224 e. The van der Waals surface area contributed by atoms with Crippen LogP contribution in [0.3, 0.4) is 0 Å². The number of amides is 1. The molecule has 1 aromatic heterocycles. The second-order valence-electron chi connectivity index (χ2n) is 7.60. The van der Waals surface area contributed by atoms with Crippen LogP contribution < -0.4 is 4.74 Å². The average Bonchev–Trinajstić information content (AvgIpc) is 2.95. The smallest absolute Gasteiger partial charge is 0.224 e. The Hall–Kier alpha value is -2.08. The number of aryl methyl sites for hydroxylation is 1. The van der Waals surface area contributed by atoms with Crippen molar-refractivity contribution >= 4 is 17.5 Å². The van der Waals surface area contributed by atoms with E-state index in [4.69, 9.17) is 16.3 Å². The second-order valence-corrected chi connectivity index (χ2v) is 7.97. The second kappa shape index (κ2) is 8.95. The van der Waals surface area contributed by atoms with Gasteiger partial charge in [0.2, 0.25) is 5.91 Å². The highest BCUT2D eigenvalue weighted by atomic mass is 35.5. The van der Waals surface area contributed by atoms with Crippen LogP contribution in [0, 0.1) is 25.6 Å². The summed E-state index contributed by atoms with van der Waals surface area (Å²) in [7, 11) is 0. The molecule has 3 rings (SSSR count). The molecule has 0 bridgehead atoms. The number of hydrogen-bond donors (Lipinski definition) is 0. The van der Waals surface area contributed by atoms with Crippen LogP contribution >= 0.6 is 11.6 Å². The fourth-order valence-corrected chi connectivity index (χ4v) is 3.84. The lowest BCUT2D eigenvalue weighted by Crippen LogP contribution is -2.42. The van der Waals surface area contributed by atoms with Crippen molar-refractivity contribution in [2.24, 2.45) is 5.92 Å². The number of aromatic nitrogens is 2. The Labute approximate surface area is 170 Å². The van der Waals surface area contributed by atoms with Crippen molar-refractivity contribution in [3.8, 4) is 5.75 Å². The fraction of sp³-hybridized carbons (Fsp3) is 0.524. The minimum absolute atomic E-state index is 0.0467. The molecule has 1 aliphatic rings. The minimum Gasteiger partial charge on any atom is -0.493 e. The summed E-state index contributed by atoms with van der Waals surface area (Å²) in [6.07, 6.45) is 2.38. The van der Waals surface area contributed by atoms with Crippen LogP contribution in [0.5, 0.6) is 5.75 Å². The number of likely N-dealkylation sites (tertiary alicyclic amines) is 1. The summed E-state index contributed by atoms with van der Waals surface area (Å²) in [4.78, 5) is 14.7. The Bertz CT molecular complexity index is 822. The predicted octanol–water partition coefficient (Wildman–Crippen LogP) is 4.56. The van der Waals surface area contributed by atoms with Crippen LogP contribution in [0.2, 0.25) is 5.02 Å². The lowest BCUT2D eigenvalue weighted by molar-refractivity contribution is -0.134. The van der Waals surface area contributed by atoms with E-state index in [1.54, 1.807) is 12.1 Å². The Morgan fingerprint density at radius 2 is 2.07 bits per heavy atom. The van der Waals surface area contributed by atoms with Crippen LogP contribution in [-0.4, -0.2) is 40.3 Å². The first kappa shape index (κ1) is 20.6.